The van der Waals surface area contributed by atoms with E-state index in [1.807, 2.05) is 31.4 Å². The molecule has 0 spiro atoms. The van der Waals surface area contributed by atoms with Gasteiger partial charge >= 0.3 is 0 Å². The highest BCUT2D eigenvalue weighted by atomic mass is 19.1. The van der Waals surface area contributed by atoms with Gasteiger partial charge in [0, 0.05) is 12.5 Å². The molecule has 0 bridgehead atoms. The molecule has 2 N–H and O–H groups in total. The fourth-order valence-corrected chi connectivity index (χ4v) is 4.08. The number of rotatable bonds is 5. The number of fused-ring (bicyclic) bond motifs is 1. The molecule has 1 aromatic carbocycles. The number of carbonyl (C=O) groups is 1. The first kappa shape index (κ1) is 19.4. The van der Waals surface area contributed by atoms with E-state index < -0.39 is 11.4 Å². The average Bonchev–Trinajstić information content (AvgIpc) is 3.30. The van der Waals surface area contributed by atoms with Gasteiger partial charge in [0.2, 0.25) is 11.9 Å². The quantitative estimate of drug-likeness (QED) is 0.767. The van der Waals surface area contributed by atoms with E-state index >= 15 is 0 Å². The molecule has 2 fully saturated rings. The SMILES string of the molecule is CC(C)(C)CC(=O)Nc1nc2c(F)cc(C(C)(O)C3CC3)cc2n1C1CCC1. The minimum atomic E-state index is -1.04. The fourth-order valence-electron chi connectivity index (χ4n) is 4.08. The first-order valence-electron chi connectivity index (χ1n) is 10.3. The minimum absolute atomic E-state index is 0.117. The van der Waals surface area contributed by atoms with Gasteiger partial charge in [-0.05, 0) is 68.1 Å². The number of benzene rings is 1. The summed E-state index contributed by atoms with van der Waals surface area (Å²) in [4.78, 5) is 16.9. The predicted octanol–water partition coefficient (Wildman–Crippen LogP) is 4.89. The molecule has 28 heavy (non-hydrogen) atoms. The van der Waals surface area contributed by atoms with Crippen LogP contribution in [-0.4, -0.2) is 20.6 Å². The zero-order chi connectivity index (χ0) is 20.3. The van der Waals surface area contributed by atoms with Crippen molar-refractivity contribution in [2.75, 3.05) is 5.32 Å². The fraction of sp³-hybridized carbons (Fsp3) is 0.636. The molecule has 152 valence electrons. The molecular weight excluding hydrogens is 357 g/mol. The molecule has 5 nitrogen and oxygen atoms in total. The van der Waals surface area contributed by atoms with Gasteiger partial charge < -0.3 is 9.67 Å². The van der Waals surface area contributed by atoms with E-state index in [-0.39, 0.29) is 28.8 Å². The molecule has 2 saturated carbocycles. The lowest BCUT2D eigenvalue weighted by molar-refractivity contribution is -0.117. The van der Waals surface area contributed by atoms with Crippen molar-refractivity contribution in [2.45, 2.75) is 77.9 Å². The molecule has 2 aliphatic carbocycles. The van der Waals surface area contributed by atoms with Crippen LogP contribution in [0.4, 0.5) is 10.3 Å². The number of nitrogens with zero attached hydrogens (tertiary/aromatic N) is 2. The first-order chi connectivity index (χ1) is 13.1. The molecular formula is C22H30FN3O2. The zero-order valence-electron chi connectivity index (χ0n) is 17.2. The average molecular weight is 387 g/mol. The Morgan fingerprint density at radius 2 is 1.93 bits per heavy atom. The van der Waals surface area contributed by atoms with Gasteiger partial charge in [-0.2, -0.15) is 0 Å². The van der Waals surface area contributed by atoms with Crippen molar-refractivity contribution in [1.29, 1.82) is 0 Å². The molecule has 0 aliphatic heterocycles. The van der Waals surface area contributed by atoms with Crippen LogP contribution in [0, 0.1) is 17.2 Å². The standard InChI is InChI=1S/C22H30FN3O2/c1-21(2,3)12-18(27)24-20-25-19-16(23)10-14(22(4,28)13-8-9-13)11-17(19)26(20)15-6-5-7-15/h10-11,13,15,28H,5-9,12H2,1-4H3,(H,24,25,27). The Hall–Kier alpha value is -1.95. The van der Waals surface area contributed by atoms with Crippen LogP contribution in [0.3, 0.4) is 0 Å². The summed E-state index contributed by atoms with van der Waals surface area (Å²) < 4.78 is 16.9. The number of nitrogens with one attached hydrogen (secondary N) is 1. The summed E-state index contributed by atoms with van der Waals surface area (Å²) in [6.45, 7) is 7.79. The summed E-state index contributed by atoms with van der Waals surface area (Å²) >= 11 is 0. The lowest BCUT2D eigenvalue weighted by Gasteiger charge is -2.30. The zero-order valence-corrected chi connectivity index (χ0v) is 17.2. The number of aliphatic hydroxyl groups is 1. The number of amides is 1. The lowest BCUT2D eigenvalue weighted by Crippen LogP contribution is -2.25. The van der Waals surface area contributed by atoms with Gasteiger partial charge in [0.05, 0.1) is 11.1 Å². The molecule has 1 atom stereocenters. The van der Waals surface area contributed by atoms with E-state index in [9.17, 15) is 14.3 Å². The monoisotopic (exact) mass is 387 g/mol. The van der Waals surface area contributed by atoms with Crippen molar-refractivity contribution in [3.05, 3.63) is 23.5 Å². The number of carbonyl (C=O) groups excluding carboxylic acids is 1. The number of imidazole rings is 1. The van der Waals surface area contributed by atoms with Crippen LogP contribution in [0.15, 0.2) is 12.1 Å². The maximum Gasteiger partial charge on any atom is 0.227 e. The second kappa shape index (κ2) is 6.55. The van der Waals surface area contributed by atoms with Crippen LogP contribution in [-0.2, 0) is 10.4 Å². The topological polar surface area (TPSA) is 67.2 Å². The van der Waals surface area contributed by atoms with Crippen molar-refractivity contribution in [2.24, 2.45) is 11.3 Å². The Balaban J connectivity index is 1.77. The normalized spacial score (nSPS) is 20.1. The Labute approximate surface area is 165 Å². The van der Waals surface area contributed by atoms with Crippen LogP contribution in [0.5, 0.6) is 0 Å². The van der Waals surface area contributed by atoms with Crippen LogP contribution in [0.2, 0.25) is 0 Å². The van der Waals surface area contributed by atoms with Gasteiger partial charge in [-0.25, -0.2) is 9.37 Å². The van der Waals surface area contributed by atoms with Gasteiger partial charge in [0.1, 0.15) is 5.52 Å². The summed E-state index contributed by atoms with van der Waals surface area (Å²) in [6.07, 6.45) is 5.37. The van der Waals surface area contributed by atoms with Crippen LogP contribution in [0.1, 0.15) is 77.8 Å². The molecule has 2 aromatic rings. The largest absolute Gasteiger partial charge is 0.385 e. The van der Waals surface area contributed by atoms with Crippen LogP contribution >= 0.6 is 0 Å². The molecule has 1 aromatic heterocycles. The van der Waals surface area contributed by atoms with Gasteiger partial charge in [-0.15, -0.1) is 0 Å². The van der Waals surface area contributed by atoms with Crippen molar-refractivity contribution in [1.82, 2.24) is 9.55 Å². The van der Waals surface area contributed by atoms with Gasteiger partial charge in [0.25, 0.3) is 0 Å². The summed E-state index contributed by atoms with van der Waals surface area (Å²) in [6, 6.07) is 3.47. The summed E-state index contributed by atoms with van der Waals surface area (Å²) in [5.41, 5.74) is 0.325. The lowest BCUT2D eigenvalue weighted by atomic mass is 9.89. The van der Waals surface area contributed by atoms with E-state index in [4.69, 9.17) is 0 Å². The third-order valence-corrected chi connectivity index (χ3v) is 6.09. The molecule has 0 saturated heterocycles. The number of hydrogen-bond donors (Lipinski definition) is 2. The second-order valence-electron chi connectivity index (χ2n) is 9.92. The third-order valence-electron chi connectivity index (χ3n) is 6.09. The van der Waals surface area contributed by atoms with Crippen molar-refractivity contribution in [3.63, 3.8) is 0 Å². The van der Waals surface area contributed by atoms with Crippen LogP contribution < -0.4 is 5.32 Å². The van der Waals surface area contributed by atoms with E-state index in [1.165, 1.54) is 6.07 Å². The number of anilines is 1. The molecule has 2 aliphatic rings. The molecule has 1 amide bonds. The van der Waals surface area contributed by atoms with Crippen molar-refractivity contribution < 1.29 is 14.3 Å². The maximum atomic E-state index is 14.9. The van der Waals surface area contributed by atoms with E-state index in [0.717, 1.165) is 32.1 Å². The highest BCUT2D eigenvalue weighted by Gasteiger charge is 2.42. The molecule has 1 unspecified atom stereocenters. The number of aromatic nitrogens is 2. The highest BCUT2D eigenvalue weighted by Crippen LogP contribution is 2.47. The molecule has 4 rings (SSSR count). The van der Waals surface area contributed by atoms with Gasteiger partial charge in [-0.1, -0.05) is 20.8 Å². The van der Waals surface area contributed by atoms with Gasteiger partial charge in [0.15, 0.2) is 5.82 Å². The molecule has 6 heteroatoms. The molecule has 1 heterocycles. The number of hydrogen-bond acceptors (Lipinski definition) is 3. The highest BCUT2D eigenvalue weighted by molar-refractivity contribution is 5.92. The Morgan fingerprint density at radius 3 is 2.46 bits per heavy atom. The summed E-state index contributed by atoms with van der Waals surface area (Å²) in [7, 11) is 0. The van der Waals surface area contributed by atoms with Crippen molar-refractivity contribution >= 4 is 22.9 Å². The number of halogens is 1. The summed E-state index contributed by atoms with van der Waals surface area (Å²) in [5.74, 6) is 0.0262. The third kappa shape index (κ3) is 3.54. The van der Waals surface area contributed by atoms with E-state index in [1.54, 1.807) is 6.92 Å². The van der Waals surface area contributed by atoms with Crippen molar-refractivity contribution in [3.8, 4) is 0 Å². The maximum absolute atomic E-state index is 14.9. The first-order valence-corrected chi connectivity index (χ1v) is 10.3. The second-order valence-corrected chi connectivity index (χ2v) is 9.92. The van der Waals surface area contributed by atoms with E-state index in [0.29, 0.717) is 23.4 Å². The molecule has 0 radical (unpaired) electrons. The van der Waals surface area contributed by atoms with Crippen LogP contribution in [0.25, 0.3) is 11.0 Å². The predicted molar refractivity (Wildman–Crippen MR) is 108 cm³/mol. The van der Waals surface area contributed by atoms with E-state index in [2.05, 4.69) is 10.3 Å². The Kier molecular flexibility index (Phi) is 4.53. The Morgan fingerprint density at radius 1 is 1.25 bits per heavy atom. The Bertz CT molecular complexity index is 918. The minimum Gasteiger partial charge on any atom is -0.385 e. The smallest absolute Gasteiger partial charge is 0.227 e. The van der Waals surface area contributed by atoms with Gasteiger partial charge in [-0.3, -0.25) is 10.1 Å². The summed E-state index contributed by atoms with van der Waals surface area (Å²) in [5, 5.41) is 13.8.